The van der Waals surface area contributed by atoms with Crippen molar-refractivity contribution in [1.82, 2.24) is 24.5 Å². The van der Waals surface area contributed by atoms with Gasteiger partial charge in [-0.15, -0.1) is 5.10 Å². The highest BCUT2D eigenvalue weighted by molar-refractivity contribution is 6.30. The Morgan fingerprint density at radius 3 is 2.48 bits per heavy atom. The minimum atomic E-state index is -4.71. The number of likely N-dealkylation sites (tertiary alicyclic amines) is 1. The zero-order valence-corrected chi connectivity index (χ0v) is 19.2. The number of rotatable bonds is 2. The maximum Gasteiger partial charge on any atom is 0.433 e. The van der Waals surface area contributed by atoms with E-state index in [9.17, 15) is 18.0 Å². The molecule has 174 valence electrons. The van der Waals surface area contributed by atoms with E-state index in [2.05, 4.69) is 35.8 Å². The van der Waals surface area contributed by atoms with Crippen LogP contribution in [0.5, 0.6) is 0 Å². The number of alkyl halides is 3. The van der Waals surface area contributed by atoms with Crippen LogP contribution in [0.4, 0.5) is 13.2 Å². The van der Waals surface area contributed by atoms with E-state index in [1.165, 1.54) is 0 Å². The largest absolute Gasteiger partial charge is 0.433 e. The number of amides is 1. The second kappa shape index (κ2) is 7.16. The number of carbonyl (C=O) groups is 1. The maximum absolute atomic E-state index is 13.9. The summed E-state index contributed by atoms with van der Waals surface area (Å²) in [6.45, 7) is 7.08. The number of hydrogen-bond donors (Lipinski definition) is 0. The van der Waals surface area contributed by atoms with Crippen molar-refractivity contribution in [3.05, 3.63) is 46.9 Å². The van der Waals surface area contributed by atoms with E-state index in [1.807, 2.05) is 0 Å². The number of fused-ring (bicyclic) bond motifs is 3. The van der Waals surface area contributed by atoms with Crippen LogP contribution in [-0.2, 0) is 6.18 Å². The second-order valence-corrected chi connectivity index (χ2v) is 10.8. The van der Waals surface area contributed by atoms with E-state index in [4.69, 9.17) is 11.6 Å². The van der Waals surface area contributed by atoms with E-state index in [1.54, 1.807) is 29.2 Å². The number of aromatic nitrogens is 4. The van der Waals surface area contributed by atoms with Gasteiger partial charge < -0.3 is 4.90 Å². The standard InChI is InChI=1S/C23H23ClF3N5O/c1-21(2)9-15-10-22(3,11-21)12-31(15)19(33)18-29-20-28-16(13-4-6-14(24)7-5-13)8-17(23(25,26)27)32(20)30-18/h4-8,15H,9-12H2,1-3H3/t15-,22+/m1/s1. The van der Waals surface area contributed by atoms with Crippen molar-refractivity contribution in [2.75, 3.05) is 6.54 Å². The maximum atomic E-state index is 13.9. The highest BCUT2D eigenvalue weighted by Crippen LogP contribution is 2.52. The van der Waals surface area contributed by atoms with Crippen LogP contribution in [0.15, 0.2) is 30.3 Å². The molecule has 3 heterocycles. The summed E-state index contributed by atoms with van der Waals surface area (Å²) < 4.78 is 42.2. The third kappa shape index (κ3) is 3.96. The van der Waals surface area contributed by atoms with Crippen LogP contribution in [0, 0.1) is 10.8 Å². The Morgan fingerprint density at radius 1 is 1.12 bits per heavy atom. The van der Waals surface area contributed by atoms with E-state index in [0.29, 0.717) is 21.6 Å². The lowest BCUT2D eigenvalue weighted by atomic mass is 9.65. The van der Waals surface area contributed by atoms with Crippen LogP contribution in [0.3, 0.4) is 0 Å². The smallest absolute Gasteiger partial charge is 0.332 e. The van der Waals surface area contributed by atoms with Crippen LogP contribution in [0.25, 0.3) is 17.0 Å². The second-order valence-electron chi connectivity index (χ2n) is 10.3. The van der Waals surface area contributed by atoms with Gasteiger partial charge in [0, 0.05) is 23.2 Å². The van der Waals surface area contributed by atoms with Crippen LogP contribution in [0.1, 0.15) is 56.3 Å². The molecule has 1 saturated carbocycles. The average Bonchev–Trinajstić information content (AvgIpc) is 3.23. The highest BCUT2D eigenvalue weighted by Gasteiger charge is 2.51. The zero-order valence-electron chi connectivity index (χ0n) is 18.4. The number of benzene rings is 1. The monoisotopic (exact) mass is 477 g/mol. The summed E-state index contributed by atoms with van der Waals surface area (Å²) in [5.74, 6) is -0.991. The molecule has 6 nitrogen and oxygen atoms in total. The first kappa shape index (κ1) is 22.1. The molecule has 3 aromatic rings. The van der Waals surface area contributed by atoms with Crippen LogP contribution in [0.2, 0.25) is 5.02 Å². The Hall–Kier alpha value is -2.68. The van der Waals surface area contributed by atoms with Gasteiger partial charge in [-0.1, -0.05) is 44.5 Å². The number of halogens is 4. The van der Waals surface area contributed by atoms with Crippen molar-refractivity contribution in [2.24, 2.45) is 10.8 Å². The average molecular weight is 478 g/mol. The quantitative estimate of drug-likeness (QED) is 0.488. The van der Waals surface area contributed by atoms with Gasteiger partial charge in [0.1, 0.15) is 0 Å². The molecule has 2 aliphatic rings. The van der Waals surface area contributed by atoms with Crippen molar-refractivity contribution in [3.8, 4) is 11.3 Å². The molecule has 1 aromatic carbocycles. The van der Waals surface area contributed by atoms with Crippen molar-refractivity contribution in [3.63, 3.8) is 0 Å². The SMILES string of the molecule is CC1(C)C[C@@H]2C[C@](C)(CN2C(=O)c2nc3nc(-c4ccc(Cl)cc4)cc(C(F)(F)F)n3n2)C1. The summed E-state index contributed by atoms with van der Waals surface area (Å²) >= 11 is 5.90. The molecule has 5 rings (SSSR count). The molecule has 2 atom stereocenters. The van der Waals surface area contributed by atoms with Crippen LogP contribution >= 0.6 is 11.6 Å². The third-order valence-electron chi connectivity index (χ3n) is 6.61. The fourth-order valence-corrected chi connectivity index (χ4v) is 5.88. The predicted molar refractivity (Wildman–Crippen MR) is 117 cm³/mol. The Kier molecular flexibility index (Phi) is 4.80. The molecule has 0 radical (unpaired) electrons. The molecule has 0 unspecified atom stereocenters. The van der Waals surface area contributed by atoms with E-state index in [-0.39, 0.29) is 34.2 Å². The highest BCUT2D eigenvalue weighted by atomic mass is 35.5. The van der Waals surface area contributed by atoms with Gasteiger partial charge >= 0.3 is 6.18 Å². The fourth-order valence-electron chi connectivity index (χ4n) is 5.76. The van der Waals surface area contributed by atoms with E-state index >= 15 is 0 Å². The molecule has 2 fully saturated rings. The fraction of sp³-hybridized carbons (Fsp3) is 0.478. The number of hydrogen-bond acceptors (Lipinski definition) is 4. The molecule has 10 heteroatoms. The molecule has 2 bridgehead atoms. The summed E-state index contributed by atoms with van der Waals surface area (Å²) in [6, 6.07) is 7.24. The lowest BCUT2D eigenvalue weighted by Gasteiger charge is -2.39. The Morgan fingerprint density at radius 2 is 1.82 bits per heavy atom. The van der Waals surface area contributed by atoms with Crippen LogP contribution in [-0.4, -0.2) is 43.0 Å². The van der Waals surface area contributed by atoms with E-state index in [0.717, 1.165) is 25.3 Å². The summed E-state index contributed by atoms with van der Waals surface area (Å²) in [5, 5.41) is 4.41. The minimum Gasteiger partial charge on any atom is -0.332 e. The third-order valence-corrected chi connectivity index (χ3v) is 6.86. The molecule has 1 amide bonds. The van der Waals surface area contributed by atoms with Crippen LogP contribution < -0.4 is 0 Å². The molecular weight excluding hydrogens is 455 g/mol. The van der Waals surface area contributed by atoms with Gasteiger partial charge in [-0.25, -0.2) is 4.98 Å². The van der Waals surface area contributed by atoms with Gasteiger partial charge in [0.2, 0.25) is 5.82 Å². The van der Waals surface area contributed by atoms with Gasteiger partial charge in [0.15, 0.2) is 5.69 Å². The summed E-state index contributed by atoms with van der Waals surface area (Å²) in [5.41, 5.74) is -0.441. The minimum absolute atomic E-state index is 0.0155. The first-order chi connectivity index (χ1) is 15.3. The van der Waals surface area contributed by atoms with Gasteiger partial charge in [-0.05, 0) is 48.3 Å². The molecule has 33 heavy (non-hydrogen) atoms. The van der Waals surface area contributed by atoms with Crippen molar-refractivity contribution in [2.45, 2.75) is 52.3 Å². The Bertz CT molecular complexity index is 1250. The number of nitrogens with zero attached hydrogens (tertiary/aromatic N) is 5. The zero-order chi connectivity index (χ0) is 23.8. The molecule has 1 aliphatic carbocycles. The first-order valence-electron chi connectivity index (χ1n) is 10.8. The van der Waals surface area contributed by atoms with Crippen molar-refractivity contribution >= 4 is 23.3 Å². The Balaban J connectivity index is 1.56. The van der Waals surface area contributed by atoms with Gasteiger partial charge in [-0.2, -0.15) is 22.7 Å². The summed E-state index contributed by atoms with van der Waals surface area (Å²) in [7, 11) is 0. The Labute approximate surface area is 193 Å². The van der Waals surface area contributed by atoms with Crippen molar-refractivity contribution in [1.29, 1.82) is 0 Å². The van der Waals surface area contributed by atoms with Gasteiger partial charge in [0.05, 0.1) is 5.69 Å². The summed E-state index contributed by atoms with van der Waals surface area (Å²) in [6.07, 6.45) is -2.00. The number of carbonyl (C=O) groups excluding carboxylic acids is 1. The molecule has 0 spiro atoms. The summed E-state index contributed by atoms with van der Waals surface area (Å²) in [4.78, 5) is 23.5. The lowest BCUT2D eigenvalue weighted by molar-refractivity contribution is -0.142. The van der Waals surface area contributed by atoms with Crippen molar-refractivity contribution < 1.29 is 18.0 Å². The molecular formula is C23H23ClF3N5O. The molecule has 0 N–H and O–H groups in total. The van der Waals surface area contributed by atoms with Gasteiger partial charge in [-0.3, -0.25) is 4.79 Å². The lowest BCUT2D eigenvalue weighted by Crippen LogP contribution is -2.38. The topological polar surface area (TPSA) is 63.4 Å². The predicted octanol–water partition coefficient (Wildman–Crippen LogP) is 5.50. The van der Waals surface area contributed by atoms with Gasteiger partial charge in [0.25, 0.3) is 11.7 Å². The first-order valence-corrected chi connectivity index (χ1v) is 11.1. The normalized spacial score (nSPS) is 24.5. The molecule has 1 saturated heterocycles. The molecule has 1 aliphatic heterocycles. The van der Waals surface area contributed by atoms with E-state index < -0.39 is 17.8 Å². The molecule has 2 aromatic heterocycles.